The van der Waals surface area contributed by atoms with E-state index in [1.807, 2.05) is 6.07 Å². The molecule has 2 aromatic heterocycles. The first-order chi connectivity index (χ1) is 9.74. The van der Waals surface area contributed by atoms with Crippen LogP contribution in [0.3, 0.4) is 0 Å². The molecule has 7 heteroatoms. The van der Waals surface area contributed by atoms with Crippen LogP contribution in [-0.2, 0) is 6.54 Å². The molecule has 1 aromatic carbocycles. The highest BCUT2D eigenvalue weighted by molar-refractivity contribution is 6.28. The van der Waals surface area contributed by atoms with Crippen LogP contribution in [0.1, 0.15) is 5.69 Å². The average molecular weight is 288 g/mol. The molecule has 0 aliphatic heterocycles. The summed E-state index contributed by atoms with van der Waals surface area (Å²) < 4.78 is 0. The monoisotopic (exact) mass is 287 g/mol. The highest BCUT2D eigenvalue weighted by atomic mass is 35.5. The summed E-state index contributed by atoms with van der Waals surface area (Å²) in [6.07, 6.45) is 3.15. The molecule has 20 heavy (non-hydrogen) atoms. The predicted molar refractivity (Wildman–Crippen MR) is 75.6 cm³/mol. The molecule has 2 heterocycles. The van der Waals surface area contributed by atoms with Crippen molar-refractivity contribution in [2.75, 3.05) is 5.32 Å². The number of hydrogen-bond donors (Lipinski definition) is 2. The largest absolute Gasteiger partial charge is 0.506 e. The Morgan fingerprint density at radius 3 is 2.90 bits per heavy atom. The van der Waals surface area contributed by atoms with E-state index in [4.69, 9.17) is 11.6 Å². The number of hydrogen-bond acceptors (Lipinski definition) is 6. The van der Waals surface area contributed by atoms with Crippen molar-refractivity contribution in [2.24, 2.45) is 0 Å². The quantitative estimate of drug-likeness (QED) is 0.720. The minimum atomic E-state index is 0.0666. The molecule has 3 aromatic rings. The molecule has 0 aliphatic carbocycles. The number of phenolic OH excluding ortho intramolecular Hbond substituents is 1. The number of phenols is 1. The van der Waals surface area contributed by atoms with Gasteiger partial charge in [0.25, 0.3) is 0 Å². The first-order valence-corrected chi connectivity index (χ1v) is 6.26. The fraction of sp³-hybridized carbons (Fsp3) is 0.0769. The first kappa shape index (κ1) is 12.6. The molecule has 0 saturated heterocycles. The fourth-order valence-corrected chi connectivity index (χ4v) is 2.01. The topological polar surface area (TPSA) is 83.8 Å². The highest BCUT2D eigenvalue weighted by Crippen LogP contribution is 2.28. The molecule has 100 valence electrons. The van der Waals surface area contributed by atoms with Crippen LogP contribution in [0.2, 0.25) is 5.28 Å². The van der Waals surface area contributed by atoms with Gasteiger partial charge in [0.05, 0.1) is 12.2 Å². The van der Waals surface area contributed by atoms with Crippen molar-refractivity contribution in [3.8, 4) is 5.75 Å². The van der Waals surface area contributed by atoms with Gasteiger partial charge in [-0.2, -0.15) is 0 Å². The fourth-order valence-electron chi connectivity index (χ4n) is 1.84. The van der Waals surface area contributed by atoms with E-state index >= 15 is 0 Å². The molecule has 0 atom stereocenters. The van der Waals surface area contributed by atoms with Crippen molar-refractivity contribution in [3.05, 3.63) is 47.8 Å². The Hall–Kier alpha value is -2.47. The van der Waals surface area contributed by atoms with E-state index in [9.17, 15) is 5.11 Å². The maximum absolute atomic E-state index is 9.81. The second kappa shape index (κ2) is 5.26. The Balaban J connectivity index is 1.97. The van der Waals surface area contributed by atoms with Crippen molar-refractivity contribution >= 4 is 28.3 Å². The van der Waals surface area contributed by atoms with Gasteiger partial charge in [-0.15, -0.1) is 0 Å². The molecule has 3 rings (SSSR count). The number of aromatic nitrogens is 4. The van der Waals surface area contributed by atoms with E-state index in [0.29, 0.717) is 23.3 Å². The zero-order chi connectivity index (χ0) is 13.9. The number of anilines is 1. The van der Waals surface area contributed by atoms with E-state index in [1.54, 1.807) is 24.4 Å². The minimum absolute atomic E-state index is 0.0666. The van der Waals surface area contributed by atoms with Crippen LogP contribution in [0.15, 0.2) is 36.8 Å². The number of aromatic hydroxyl groups is 1. The van der Waals surface area contributed by atoms with E-state index in [2.05, 4.69) is 25.3 Å². The zero-order valence-electron chi connectivity index (χ0n) is 10.3. The van der Waals surface area contributed by atoms with Gasteiger partial charge in [0.15, 0.2) is 0 Å². The molecular weight excluding hydrogens is 278 g/mol. The third-order valence-electron chi connectivity index (χ3n) is 2.76. The third kappa shape index (κ3) is 2.46. The molecular formula is C13H10ClN5O. The van der Waals surface area contributed by atoms with Gasteiger partial charge < -0.3 is 10.4 Å². The summed E-state index contributed by atoms with van der Waals surface area (Å²) in [6, 6.07) is 6.90. The van der Waals surface area contributed by atoms with Crippen molar-refractivity contribution in [3.63, 3.8) is 0 Å². The number of halogens is 1. The summed E-state index contributed by atoms with van der Waals surface area (Å²) in [4.78, 5) is 16.1. The van der Waals surface area contributed by atoms with Crippen LogP contribution in [0, 0.1) is 0 Å². The van der Waals surface area contributed by atoms with E-state index in [0.717, 1.165) is 5.69 Å². The molecule has 0 bridgehead atoms. The summed E-state index contributed by atoms with van der Waals surface area (Å²) in [5.41, 5.74) is 1.24. The number of nitrogens with one attached hydrogen (secondary N) is 1. The van der Waals surface area contributed by atoms with Gasteiger partial charge >= 0.3 is 0 Å². The number of para-hydroxylation sites is 1. The summed E-state index contributed by atoms with van der Waals surface area (Å²) >= 11 is 5.88. The molecule has 0 unspecified atom stereocenters. The van der Waals surface area contributed by atoms with E-state index < -0.39 is 0 Å². The lowest BCUT2D eigenvalue weighted by molar-refractivity contribution is 0.480. The smallest absolute Gasteiger partial charge is 0.225 e. The van der Waals surface area contributed by atoms with E-state index in [-0.39, 0.29) is 11.0 Å². The number of nitrogens with zero attached hydrogens (tertiary/aromatic N) is 4. The van der Waals surface area contributed by atoms with Gasteiger partial charge in [0.2, 0.25) is 5.28 Å². The lowest BCUT2D eigenvalue weighted by atomic mass is 10.2. The van der Waals surface area contributed by atoms with Crippen molar-refractivity contribution in [2.45, 2.75) is 6.54 Å². The SMILES string of the molecule is Oc1cccc2c(NCc3ccncn3)nc(Cl)nc12. The normalized spacial score (nSPS) is 10.7. The number of rotatable bonds is 3. The van der Waals surface area contributed by atoms with Crippen LogP contribution >= 0.6 is 11.6 Å². The first-order valence-electron chi connectivity index (χ1n) is 5.88. The van der Waals surface area contributed by atoms with Crippen LogP contribution in [-0.4, -0.2) is 25.0 Å². The second-order valence-corrected chi connectivity index (χ2v) is 4.41. The Morgan fingerprint density at radius 1 is 1.20 bits per heavy atom. The second-order valence-electron chi connectivity index (χ2n) is 4.07. The van der Waals surface area contributed by atoms with Crippen LogP contribution < -0.4 is 5.32 Å². The van der Waals surface area contributed by atoms with Gasteiger partial charge in [-0.05, 0) is 29.8 Å². The third-order valence-corrected chi connectivity index (χ3v) is 2.93. The molecule has 0 amide bonds. The summed E-state index contributed by atoms with van der Waals surface area (Å²) in [5.74, 6) is 0.617. The Morgan fingerprint density at radius 2 is 2.10 bits per heavy atom. The lowest BCUT2D eigenvalue weighted by Gasteiger charge is -2.09. The average Bonchev–Trinajstić information content (AvgIpc) is 2.47. The summed E-state index contributed by atoms with van der Waals surface area (Å²) in [6.45, 7) is 0.473. The standard InChI is InChI=1S/C13H10ClN5O/c14-13-18-11-9(2-1-3-10(11)20)12(19-13)16-6-8-4-5-15-7-17-8/h1-5,7,20H,6H2,(H,16,18,19). The van der Waals surface area contributed by atoms with E-state index in [1.165, 1.54) is 6.33 Å². The molecule has 0 saturated carbocycles. The van der Waals surface area contributed by atoms with Crippen molar-refractivity contribution in [1.82, 2.24) is 19.9 Å². The van der Waals surface area contributed by atoms with Gasteiger partial charge in [0, 0.05) is 11.6 Å². The molecule has 2 N–H and O–H groups in total. The molecule has 0 spiro atoms. The highest BCUT2D eigenvalue weighted by Gasteiger charge is 2.09. The Bertz CT molecular complexity index is 750. The van der Waals surface area contributed by atoms with Gasteiger partial charge in [-0.3, -0.25) is 0 Å². The van der Waals surface area contributed by atoms with Gasteiger partial charge in [0.1, 0.15) is 23.4 Å². The molecule has 6 nitrogen and oxygen atoms in total. The van der Waals surface area contributed by atoms with Gasteiger partial charge in [-0.1, -0.05) is 6.07 Å². The Kier molecular flexibility index (Phi) is 3.30. The zero-order valence-corrected chi connectivity index (χ0v) is 11.0. The van der Waals surface area contributed by atoms with Crippen LogP contribution in [0.5, 0.6) is 5.75 Å². The maximum atomic E-state index is 9.81. The number of fused-ring (bicyclic) bond motifs is 1. The summed E-state index contributed by atoms with van der Waals surface area (Å²) in [5, 5.41) is 13.7. The Labute approximate surface area is 119 Å². The predicted octanol–water partition coefficient (Wildman–Crippen LogP) is 2.39. The minimum Gasteiger partial charge on any atom is -0.506 e. The van der Waals surface area contributed by atoms with Crippen molar-refractivity contribution < 1.29 is 5.11 Å². The maximum Gasteiger partial charge on any atom is 0.225 e. The van der Waals surface area contributed by atoms with Crippen LogP contribution in [0.25, 0.3) is 10.9 Å². The summed E-state index contributed by atoms with van der Waals surface area (Å²) in [7, 11) is 0. The number of benzene rings is 1. The lowest BCUT2D eigenvalue weighted by Crippen LogP contribution is -2.04. The molecule has 0 aliphatic rings. The van der Waals surface area contributed by atoms with Crippen LogP contribution in [0.4, 0.5) is 5.82 Å². The molecule has 0 fully saturated rings. The van der Waals surface area contributed by atoms with Gasteiger partial charge in [-0.25, -0.2) is 19.9 Å². The molecule has 0 radical (unpaired) electrons. The van der Waals surface area contributed by atoms with Crippen molar-refractivity contribution in [1.29, 1.82) is 0 Å².